The molecule has 0 fully saturated rings. The molecule has 0 aliphatic heterocycles. The molecule has 118 valence electrons. The van der Waals surface area contributed by atoms with Crippen LogP contribution in [0.1, 0.15) is 55.8 Å². The fourth-order valence-electron chi connectivity index (χ4n) is 2.07. The van der Waals surface area contributed by atoms with Crippen LogP contribution in [-0.2, 0) is 4.74 Å². The van der Waals surface area contributed by atoms with Gasteiger partial charge < -0.3 is 10.2 Å². The Morgan fingerprint density at radius 2 is 1.67 bits per heavy atom. The Labute approximate surface area is 128 Å². The minimum Gasteiger partial charge on any atom is -0.462 e. The quantitative estimate of drug-likeness (QED) is 0.400. The molecule has 0 spiro atoms. The van der Waals surface area contributed by atoms with E-state index in [-0.39, 0.29) is 5.97 Å². The number of carbonyl (C=O) groups excluding carboxylic acids is 1. The van der Waals surface area contributed by atoms with Gasteiger partial charge in [0.1, 0.15) is 0 Å². The van der Waals surface area contributed by atoms with Crippen molar-refractivity contribution in [1.82, 2.24) is 5.01 Å². The highest BCUT2D eigenvalue weighted by atomic mass is 16.5. The number of carbonyl (C=O) groups is 1. The van der Waals surface area contributed by atoms with Crippen molar-refractivity contribution in [2.45, 2.75) is 45.4 Å². The highest BCUT2D eigenvalue weighted by Gasteiger charge is 2.06. The molecular weight excluding hydrogens is 264 g/mol. The van der Waals surface area contributed by atoms with Gasteiger partial charge in [0.25, 0.3) is 0 Å². The molecule has 0 aliphatic carbocycles. The summed E-state index contributed by atoms with van der Waals surface area (Å²) in [5.41, 5.74) is 4.68. The van der Waals surface area contributed by atoms with Gasteiger partial charge >= 0.3 is 5.97 Å². The molecular formula is C17H28N2O2. The van der Waals surface area contributed by atoms with Gasteiger partial charge in [-0.1, -0.05) is 39.0 Å². The van der Waals surface area contributed by atoms with Crippen LogP contribution in [0.5, 0.6) is 0 Å². The molecule has 0 aliphatic rings. The van der Waals surface area contributed by atoms with E-state index in [0.29, 0.717) is 12.2 Å². The van der Waals surface area contributed by atoms with Crippen LogP contribution in [-0.4, -0.2) is 31.7 Å². The molecule has 0 amide bonds. The van der Waals surface area contributed by atoms with Crippen molar-refractivity contribution in [3.05, 3.63) is 29.8 Å². The Morgan fingerprint density at radius 1 is 1.05 bits per heavy atom. The zero-order valence-corrected chi connectivity index (χ0v) is 13.5. The van der Waals surface area contributed by atoms with Gasteiger partial charge in [-0.3, -0.25) is 0 Å². The minimum absolute atomic E-state index is 0.236. The van der Waals surface area contributed by atoms with Gasteiger partial charge in [-0.25, -0.2) is 9.80 Å². The summed E-state index contributed by atoms with van der Waals surface area (Å²) in [5, 5.41) is 1.85. The van der Waals surface area contributed by atoms with Crippen LogP contribution in [0.25, 0.3) is 0 Å². The minimum atomic E-state index is -0.236. The van der Waals surface area contributed by atoms with Crippen molar-refractivity contribution in [1.29, 1.82) is 0 Å². The van der Waals surface area contributed by atoms with Gasteiger partial charge in [0.05, 0.1) is 12.2 Å². The molecule has 4 nitrogen and oxygen atoms in total. The molecule has 0 radical (unpaired) electrons. The first-order valence-corrected chi connectivity index (χ1v) is 7.84. The second-order valence-electron chi connectivity index (χ2n) is 5.49. The summed E-state index contributed by atoms with van der Waals surface area (Å²) >= 11 is 0. The van der Waals surface area contributed by atoms with E-state index in [1.54, 1.807) is 12.1 Å². The third-order valence-electron chi connectivity index (χ3n) is 3.20. The smallest absolute Gasteiger partial charge is 0.338 e. The first kappa shape index (κ1) is 17.5. The molecule has 1 aromatic carbocycles. The molecule has 0 bridgehead atoms. The number of unbranched alkanes of at least 4 members (excludes halogenated alkanes) is 5. The van der Waals surface area contributed by atoms with Gasteiger partial charge in [0.2, 0.25) is 0 Å². The molecule has 4 heteroatoms. The fourth-order valence-corrected chi connectivity index (χ4v) is 2.07. The van der Waals surface area contributed by atoms with Crippen LogP contribution in [0.2, 0.25) is 0 Å². The lowest BCUT2D eigenvalue weighted by Gasteiger charge is -2.13. The SMILES string of the molecule is CCCCCCCCOC(=O)c1ccc(NN(C)C)cc1. The Balaban J connectivity index is 2.22. The predicted molar refractivity (Wildman–Crippen MR) is 87.4 cm³/mol. The van der Waals surface area contributed by atoms with Crippen molar-refractivity contribution in [2.24, 2.45) is 0 Å². The second-order valence-corrected chi connectivity index (χ2v) is 5.49. The number of hydrogen-bond acceptors (Lipinski definition) is 4. The van der Waals surface area contributed by atoms with E-state index >= 15 is 0 Å². The summed E-state index contributed by atoms with van der Waals surface area (Å²) in [6, 6.07) is 7.33. The van der Waals surface area contributed by atoms with E-state index in [1.807, 2.05) is 31.2 Å². The summed E-state index contributed by atoms with van der Waals surface area (Å²) < 4.78 is 5.29. The van der Waals surface area contributed by atoms with Gasteiger partial charge in [0, 0.05) is 19.8 Å². The molecule has 0 aromatic heterocycles. The Morgan fingerprint density at radius 3 is 2.29 bits per heavy atom. The maximum atomic E-state index is 11.9. The zero-order valence-electron chi connectivity index (χ0n) is 13.5. The summed E-state index contributed by atoms with van der Waals surface area (Å²) in [6.07, 6.45) is 7.16. The number of benzene rings is 1. The number of rotatable bonds is 10. The first-order chi connectivity index (χ1) is 10.1. The molecule has 1 N–H and O–H groups in total. The highest BCUT2D eigenvalue weighted by molar-refractivity contribution is 5.89. The van der Waals surface area contributed by atoms with E-state index in [1.165, 1.54) is 25.7 Å². The number of hydrogen-bond donors (Lipinski definition) is 1. The molecule has 21 heavy (non-hydrogen) atoms. The third-order valence-corrected chi connectivity index (χ3v) is 3.20. The largest absolute Gasteiger partial charge is 0.462 e. The highest BCUT2D eigenvalue weighted by Crippen LogP contribution is 2.11. The van der Waals surface area contributed by atoms with Crippen LogP contribution in [0, 0.1) is 0 Å². The number of esters is 1. The van der Waals surface area contributed by atoms with E-state index in [0.717, 1.165) is 18.5 Å². The fraction of sp³-hybridized carbons (Fsp3) is 0.588. The second kappa shape index (κ2) is 10.2. The van der Waals surface area contributed by atoms with Crippen LogP contribution in [0.3, 0.4) is 0 Å². The van der Waals surface area contributed by atoms with Crippen LogP contribution >= 0.6 is 0 Å². The summed E-state index contributed by atoms with van der Waals surface area (Å²) in [4.78, 5) is 11.9. The summed E-state index contributed by atoms with van der Waals surface area (Å²) in [7, 11) is 3.84. The average Bonchev–Trinajstić information content (AvgIpc) is 2.46. The maximum Gasteiger partial charge on any atom is 0.338 e. The Kier molecular flexibility index (Phi) is 8.51. The van der Waals surface area contributed by atoms with Crippen LogP contribution < -0.4 is 5.43 Å². The molecule has 1 rings (SSSR count). The van der Waals surface area contributed by atoms with Crippen molar-refractivity contribution >= 4 is 11.7 Å². The monoisotopic (exact) mass is 292 g/mol. The maximum absolute atomic E-state index is 11.9. The van der Waals surface area contributed by atoms with E-state index in [4.69, 9.17) is 4.74 Å². The van der Waals surface area contributed by atoms with Crippen molar-refractivity contribution in [3.63, 3.8) is 0 Å². The topological polar surface area (TPSA) is 41.6 Å². The first-order valence-electron chi connectivity index (χ1n) is 7.84. The third kappa shape index (κ3) is 7.71. The van der Waals surface area contributed by atoms with Crippen molar-refractivity contribution in [3.8, 4) is 0 Å². The van der Waals surface area contributed by atoms with Gasteiger partial charge in [0.15, 0.2) is 0 Å². The molecule has 0 saturated carbocycles. The Bertz CT molecular complexity index is 402. The van der Waals surface area contributed by atoms with Gasteiger partial charge in [-0.05, 0) is 30.7 Å². The van der Waals surface area contributed by atoms with Crippen molar-refractivity contribution in [2.75, 3.05) is 26.1 Å². The standard InChI is InChI=1S/C17H28N2O2/c1-4-5-6-7-8-9-14-21-17(20)15-10-12-16(13-11-15)18-19(2)3/h10-13,18H,4-9,14H2,1-3H3. The molecule has 0 heterocycles. The van der Waals surface area contributed by atoms with Crippen molar-refractivity contribution < 1.29 is 9.53 Å². The molecule has 0 saturated heterocycles. The lowest BCUT2D eigenvalue weighted by molar-refractivity contribution is 0.0497. The summed E-state index contributed by atoms with van der Waals surface area (Å²) in [6.45, 7) is 2.73. The van der Waals surface area contributed by atoms with Crippen LogP contribution in [0.15, 0.2) is 24.3 Å². The number of nitrogens with one attached hydrogen (secondary N) is 1. The normalized spacial score (nSPS) is 10.7. The molecule has 0 atom stereocenters. The Hall–Kier alpha value is -1.55. The number of nitrogens with zero attached hydrogens (tertiary/aromatic N) is 1. The lowest BCUT2D eigenvalue weighted by Crippen LogP contribution is -2.19. The van der Waals surface area contributed by atoms with E-state index in [2.05, 4.69) is 12.3 Å². The van der Waals surface area contributed by atoms with Gasteiger partial charge in [-0.15, -0.1) is 0 Å². The zero-order chi connectivity index (χ0) is 15.5. The summed E-state index contributed by atoms with van der Waals surface area (Å²) in [5.74, 6) is -0.236. The lowest BCUT2D eigenvalue weighted by atomic mass is 10.1. The predicted octanol–water partition coefficient (Wildman–Crippen LogP) is 4.09. The van der Waals surface area contributed by atoms with Crippen LogP contribution in [0.4, 0.5) is 5.69 Å². The number of ether oxygens (including phenoxy) is 1. The molecule has 1 aromatic rings. The number of anilines is 1. The average molecular weight is 292 g/mol. The van der Waals surface area contributed by atoms with E-state index < -0.39 is 0 Å². The van der Waals surface area contributed by atoms with E-state index in [9.17, 15) is 4.79 Å². The van der Waals surface area contributed by atoms with Gasteiger partial charge in [-0.2, -0.15) is 0 Å². The molecule has 0 unspecified atom stereocenters. The number of hydrazine groups is 1.